The van der Waals surface area contributed by atoms with Gasteiger partial charge in [0.1, 0.15) is 0 Å². The van der Waals surface area contributed by atoms with Gasteiger partial charge in [0.25, 0.3) is 0 Å². The standard InChI is InChI=1S/C21H28N2O/c1-4-5-12-17-21(23(3)20(24)22-2,18-13-8-6-9-14-18)19-15-10-7-11-16-19/h6-11,13-16H,4-5,12,17H2,1-3H3,(H,22,24). The summed E-state index contributed by atoms with van der Waals surface area (Å²) in [6.45, 7) is 2.20. The highest BCUT2D eigenvalue weighted by atomic mass is 16.2. The number of urea groups is 1. The van der Waals surface area contributed by atoms with E-state index in [0.29, 0.717) is 0 Å². The van der Waals surface area contributed by atoms with E-state index >= 15 is 0 Å². The molecular formula is C21H28N2O. The summed E-state index contributed by atoms with van der Waals surface area (Å²) in [5, 5.41) is 2.79. The first-order chi connectivity index (χ1) is 11.7. The molecule has 128 valence electrons. The monoisotopic (exact) mass is 324 g/mol. The molecule has 0 unspecified atom stereocenters. The zero-order valence-corrected chi connectivity index (χ0v) is 15.0. The lowest BCUT2D eigenvalue weighted by molar-refractivity contribution is 0.150. The van der Waals surface area contributed by atoms with Crippen molar-refractivity contribution in [3.8, 4) is 0 Å². The molecule has 0 atom stereocenters. The highest BCUT2D eigenvalue weighted by Crippen LogP contribution is 2.40. The van der Waals surface area contributed by atoms with Gasteiger partial charge < -0.3 is 10.2 Å². The summed E-state index contributed by atoms with van der Waals surface area (Å²) in [4.78, 5) is 14.4. The second-order valence-electron chi connectivity index (χ2n) is 6.16. The maximum atomic E-state index is 12.6. The molecule has 24 heavy (non-hydrogen) atoms. The van der Waals surface area contributed by atoms with Crippen LogP contribution in [0, 0.1) is 0 Å². The Hall–Kier alpha value is -2.29. The Bertz CT molecular complexity index is 585. The summed E-state index contributed by atoms with van der Waals surface area (Å²) >= 11 is 0. The average molecular weight is 324 g/mol. The SMILES string of the molecule is CCCCCC(c1ccccc1)(c1ccccc1)N(C)C(=O)NC. The van der Waals surface area contributed by atoms with Crippen LogP contribution in [0.25, 0.3) is 0 Å². The largest absolute Gasteiger partial charge is 0.341 e. The second-order valence-corrected chi connectivity index (χ2v) is 6.16. The molecule has 0 radical (unpaired) electrons. The van der Waals surface area contributed by atoms with Crippen molar-refractivity contribution >= 4 is 6.03 Å². The quantitative estimate of drug-likeness (QED) is 0.730. The first-order valence-electron chi connectivity index (χ1n) is 8.73. The van der Waals surface area contributed by atoms with E-state index in [-0.39, 0.29) is 6.03 Å². The van der Waals surface area contributed by atoms with Gasteiger partial charge in [-0.1, -0.05) is 86.8 Å². The van der Waals surface area contributed by atoms with Crippen LogP contribution in [0.15, 0.2) is 60.7 Å². The Morgan fingerprint density at radius 3 is 1.88 bits per heavy atom. The number of hydrogen-bond donors (Lipinski definition) is 1. The maximum Gasteiger partial charge on any atom is 0.317 e. The molecule has 2 aromatic rings. The Labute approximate surface area is 145 Å². The van der Waals surface area contributed by atoms with Gasteiger partial charge in [0.15, 0.2) is 0 Å². The number of carbonyl (C=O) groups is 1. The summed E-state index contributed by atoms with van der Waals surface area (Å²) < 4.78 is 0. The molecule has 0 aromatic heterocycles. The topological polar surface area (TPSA) is 32.3 Å². The molecule has 0 aliphatic rings. The molecule has 2 aromatic carbocycles. The van der Waals surface area contributed by atoms with Gasteiger partial charge in [0.05, 0.1) is 5.54 Å². The minimum absolute atomic E-state index is 0.0702. The average Bonchev–Trinajstić information content (AvgIpc) is 2.65. The summed E-state index contributed by atoms with van der Waals surface area (Å²) in [5.41, 5.74) is 1.84. The predicted molar refractivity (Wildman–Crippen MR) is 100 cm³/mol. The molecule has 1 N–H and O–H groups in total. The molecule has 3 nitrogen and oxygen atoms in total. The van der Waals surface area contributed by atoms with Gasteiger partial charge in [0.2, 0.25) is 0 Å². The molecule has 0 heterocycles. The second kappa shape index (κ2) is 8.53. The van der Waals surface area contributed by atoms with Gasteiger partial charge in [0, 0.05) is 14.1 Å². The number of unbranched alkanes of at least 4 members (excludes halogenated alkanes) is 2. The number of amides is 2. The molecular weight excluding hydrogens is 296 g/mol. The third kappa shape index (κ3) is 3.61. The van der Waals surface area contributed by atoms with Crippen LogP contribution in [0.5, 0.6) is 0 Å². The summed E-state index contributed by atoms with van der Waals surface area (Å²) in [6, 6.07) is 20.6. The van der Waals surface area contributed by atoms with E-state index in [2.05, 4.69) is 36.5 Å². The number of rotatable bonds is 7. The lowest BCUT2D eigenvalue weighted by Gasteiger charge is -2.43. The molecule has 3 heteroatoms. The van der Waals surface area contributed by atoms with Gasteiger partial charge in [-0.05, 0) is 17.5 Å². The zero-order valence-electron chi connectivity index (χ0n) is 15.0. The summed E-state index contributed by atoms with van der Waals surface area (Å²) in [7, 11) is 3.58. The van der Waals surface area contributed by atoms with Crippen molar-refractivity contribution in [2.45, 2.75) is 38.1 Å². The molecule has 0 saturated carbocycles. The van der Waals surface area contributed by atoms with Crippen molar-refractivity contribution in [2.24, 2.45) is 0 Å². The van der Waals surface area contributed by atoms with Crippen LogP contribution in [0.4, 0.5) is 4.79 Å². The van der Waals surface area contributed by atoms with Crippen molar-refractivity contribution in [1.82, 2.24) is 10.2 Å². The van der Waals surface area contributed by atoms with Crippen LogP contribution in [0.2, 0.25) is 0 Å². The molecule has 0 bridgehead atoms. The van der Waals surface area contributed by atoms with Crippen LogP contribution in [-0.4, -0.2) is 25.0 Å². The highest BCUT2D eigenvalue weighted by Gasteiger charge is 2.40. The smallest absolute Gasteiger partial charge is 0.317 e. The van der Waals surface area contributed by atoms with Gasteiger partial charge >= 0.3 is 6.03 Å². The number of nitrogens with one attached hydrogen (secondary N) is 1. The number of hydrogen-bond acceptors (Lipinski definition) is 1. The van der Waals surface area contributed by atoms with Gasteiger partial charge in [-0.2, -0.15) is 0 Å². The Morgan fingerprint density at radius 1 is 0.958 bits per heavy atom. The molecule has 2 amide bonds. The van der Waals surface area contributed by atoms with Crippen LogP contribution < -0.4 is 5.32 Å². The number of carbonyl (C=O) groups excluding carboxylic acids is 1. The van der Waals surface area contributed by atoms with E-state index < -0.39 is 5.54 Å². The molecule has 0 spiro atoms. The Balaban J connectivity index is 2.60. The maximum absolute atomic E-state index is 12.6. The van der Waals surface area contributed by atoms with Crippen LogP contribution in [-0.2, 0) is 5.54 Å². The van der Waals surface area contributed by atoms with Gasteiger partial charge in [-0.3, -0.25) is 0 Å². The third-order valence-electron chi connectivity index (χ3n) is 4.74. The first kappa shape index (κ1) is 18.1. The van der Waals surface area contributed by atoms with Crippen molar-refractivity contribution < 1.29 is 4.79 Å². The van der Waals surface area contributed by atoms with Crippen LogP contribution in [0.1, 0.15) is 43.7 Å². The van der Waals surface area contributed by atoms with Gasteiger partial charge in [-0.25, -0.2) is 4.79 Å². The highest BCUT2D eigenvalue weighted by molar-refractivity contribution is 5.75. The Morgan fingerprint density at radius 2 is 1.46 bits per heavy atom. The molecule has 0 saturated heterocycles. The van der Waals surface area contributed by atoms with E-state index in [9.17, 15) is 4.79 Å². The van der Waals surface area contributed by atoms with Crippen LogP contribution >= 0.6 is 0 Å². The molecule has 0 aliphatic heterocycles. The zero-order chi connectivity index (χ0) is 17.4. The molecule has 2 rings (SSSR count). The predicted octanol–water partition coefficient (Wildman–Crippen LogP) is 4.78. The lowest BCUT2D eigenvalue weighted by Crippen LogP contribution is -2.51. The van der Waals surface area contributed by atoms with Crippen molar-refractivity contribution in [3.63, 3.8) is 0 Å². The lowest BCUT2D eigenvalue weighted by atomic mass is 9.77. The van der Waals surface area contributed by atoms with E-state index in [0.717, 1.165) is 36.8 Å². The van der Waals surface area contributed by atoms with Crippen LogP contribution in [0.3, 0.4) is 0 Å². The van der Waals surface area contributed by atoms with Gasteiger partial charge in [-0.15, -0.1) is 0 Å². The van der Waals surface area contributed by atoms with E-state index in [4.69, 9.17) is 0 Å². The number of benzene rings is 2. The fourth-order valence-corrected chi connectivity index (χ4v) is 3.41. The fourth-order valence-electron chi connectivity index (χ4n) is 3.41. The van der Waals surface area contributed by atoms with Crippen molar-refractivity contribution in [1.29, 1.82) is 0 Å². The van der Waals surface area contributed by atoms with Crippen molar-refractivity contribution in [2.75, 3.05) is 14.1 Å². The van der Waals surface area contributed by atoms with E-state index in [1.165, 1.54) is 0 Å². The van der Waals surface area contributed by atoms with Crippen molar-refractivity contribution in [3.05, 3.63) is 71.8 Å². The Kier molecular flexibility index (Phi) is 6.42. The third-order valence-corrected chi connectivity index (χ3v) is 4.74. The summed E-state index contributed by atoms with van der Waals surface area (Å²) in [5.74, 6) is 0. The summed E-state index contributed by atoms with van der Waals surface area (Å²) in [6.07, 6.45) is 4.28. The van der Waals surface area contributed by atoms with E-state index in [1.54, 1.807) is 7.05 Å². The minimum Gasteiger partial charge on any atom is -0.341 e. The number of nitrogens with zero attached hydrogens (tertiary/aromatic N) is 1. The molecule has 0 fully saturated rings. The van der Waals surface area contributed by atoms with E-state index in [1.807, 2.05) is 48.3 Å². The normalized spacial score (nSPS) is 11.1. The fraction of sp³-hybridized carbons (Fsp3) is 0.381. The minimum atomic E-state index is -0.461. The first-order valence-corrected chi connectivity index (χ1v) is 8.73. The molecule has 0 aliphatic carbocycles.